The number of halogens is 1. The molecule has 6 heteroatoms. The highest BCUT2D eigenvalue weighted by Gasteiger charge is 2.23. The lowest BCUT2D eigenvalue weighted by Gasteiger charge is -2.21. The van der Waals surface area contributed by atoms with Gasteiger partial charge in [-0.05, 0) is 30.2 Å². The van der Waals surface area contributed by atoms with Gasteiger partial charge in [-0.2, -0.15) is 4.31 Å². The molecule has 0 aliphatic heterocycles. The van der Waals surface area contributed by atoms with Crippen molar-refractivity contribution in [1.29, 1.82) is 0 Å². The third-order valence-electron chi connectivity index (χ3n) is 3.31. The van der Waals surface area contributed by atoms with E-state index in [2.05, 4.69) is 0 Å². The molecular formula is C16H19FN2O2S. The SMILES string of the molecule is NCCN(CCc1ccccc1)S(=O)(=O)c1cccc(F)c1. The Morgan fingerprint density at radius 3 is 2.36 bits per heavy atom. The zero-order valence-corrected chi connectivity index (χ0v) is 13.0. The van der Waals surface area contributed by atoms with Gasteiger partial charge in [0, 0.05) is 19.6 Å². The molecule has 0 bridgehead atoms. The van der Waals surface area contributed by atoms with Crippen LogP contribution in [0.25, 0.3) is 0 Å². The molecule has 0 aliphatic rings. The number of benzene rings is 2. The highest BCUT2D eigenvalue weighted by atomic mass is 32.2. The lowest BCUT2D eigenvalue weighted by Crippen LogP contribution is -2.37. The van der Waals surface area contributed by atoms with Crippen molar-refractivity contribution in [2.45, 2.75) is 11.3 Å². The minimum atomic E-state index is -3.74. The van der Waals surface area contributed by atoms with Gasteiger partial charge in [-0.15, -0.1) is 0 Å². The van der Waals surface area contributed by atoms with Gasteiger partial charge in [0.15, 0.2) is 0 Å². The molecule has 0 aliphatic carbocycles. The van der Waals surface area contributed by atoms with Gasteiger partial charge >= 0.3 is 0 Å². The standard InChI is InChI=1S/C16H19FN2O2S/c17-15-7-4-8-16(13-15)22(20,21)19(12-10-18)11-9-14-5-2-1-3-6-14/h1-8,13H,9-12,18H2. The van der Waals surface area contributed by atoms with E-state index in [0.29, 0.717) is 13.0 Å². The minimum Gasteiger partial charge on any atom is -0.329 e. The summed E-state index contributed by atoms with van der Waals surface area (Å²) in [6.07, 6.45) is 0.579. The van der Waals surface area contributed by atoms with E-state index in [1.54, 1.807) is 0 Å². The fourth-order valence-electron chi connectivity index (χ4n) is 2.17. The molecule has 0 saturated heterocycles. The molecule has 2 rings (SSSR count). The van der Waals surface area contributed by atoms with E-state index in [-0.39, 0.29) is 18.0 Å². The second-order valence-electron chi connectivity index (χ2n) is 4.89. The van der Waals surface area contributed by atoms with E-state index in [0.717, 1.165) is 11.6 Å². The topological polar surface area (TPSA) is 63.4 Å². The first kappa shape index (κ1) is 16.6. The summed E-state index contributed by atoms with van der Waals surface area (Å²) in [5.41, 5.74) is 6.56. The summed E-state index contributed by atoms with van der Waals surface area (Å²) in [6, 6.07) is 14.6. The first-order chi connectivity index (χ1) is 10.5. The summed E-state index contributed by atoms with van der Waals surface area (Å²) in [5, 5.41) is 0. The van der Waals surface area contributed by atoms with Crippen molar-refractivity contribution in [3.63, 3.8) is 0 Å². The van der Waals surface area contributed by atoms with Gasteiger partial charge in [0.1, 0.15) is 5.82 Å². The fourth-order valence-corrected chi connectivity index (χ4v) is 3.66. The first-order valence-electron chi connectivity index (χ1n) is 7.04. The molecule has 0 atom stereocenters. The number of nitrogens with two attached hydrogens (primary N) is 1. The van der Waals surface area contributed by atoms with Crippen molar-refractivity contribution >= 4 is 10.0 Å². The normalized spacial score (nSPS) is 11.8. The van der Waals surface area contributed by atoms with Crippen LogP contribution in [0.2, 0.25) is 0 Å². The fraction of sp³-hybridized carbons (Fsp3) is 0.250. The van der Waals surface area contributed by atoms with Gasteiger partial charge in [-0.25, -0.2) is 12.8 Å². The quantitative estimate of drug-likeness (QED) is 0.848. The highest BCUT2D eigenvalue weighted by molar-refractivity contribution is 7.89. The Balaban J connectivity index is 2.19. The number of nitrogens with zero attached hydrogens (tertiary/aromatic N) is 1. The van der Waals surface area contributed by atoms with Crippen LogP contribution in [-0.2, 0) is 16.4 Å². The summed E-state index contributed by atoms with van der Waals surface area (Å²) in [4.78, 5) is -0.0472. The molecule has 0 fully saturated rings. The monoisotopic (exact) mass is 322 g/mol. The lowest BCUT2D eigenvalue weighted by atomic mass is 10.1. The molecule has 22 heavy (non-hydrogen) atoms. The van der Waals surface area contributed by atoms with Crippen LogP contribution in [0.3, 0.4) is 0 Å². The van der Waals surface area contributed by atoms with E-state index in [4.69, 9.17) is 5.73 Å². The molecule has 118 valence electrons. The Morgan fingerprint density at radius 1 is 1.00 bits per heavy atom. The number of sulfonamides is 1. The average molecular weight is 322 g/mol. The number of hydrogen-bond donors (Lipinski definition) is 1. The second-order valence-corrected chi connectivity index (χ2v) is 6.82. The van der Waals surface area contributed by atoms with Crippen molar-refractivity contribution in [3.8, 4) is 0 Å². The Labute approximate surface area is 130 Å². The Hall–Kier alpha value is -1.76. The van der Waals surface area contributed by atoms with Gasteiger partial charge in [0.2, 0.25) is 10.0 Å². The van der Waals surface area contributed by atoms with Crippen LogP contribution in [0.4, 0.5) is 4.39 Å². The van der Waals surface area contributed by atoms with Crippen molar-refractivity contribution < 1.29 is 12.8 Å². The minimum absolute atomic E-state index is 0.0472. The zero-order chi connectivity index (χ0) is 16.0. The maximum atomic E-state index is 13.3. The van der Waals surface area contributed by atoms with E-state index in [1.165, 1.54) is 22.5 Å². The van der Waals surface area contributed by atoms with Crippen LogP contribution in [0, 0.1) is 5.82 Å². The molecule has 0 spiro atoms. The maximum absolute atomic E-state index is 13.3. The van der Waals surface area contributed by atoms with Gasteiger partial charge in [-0.3, -0.25) is 0 Å². The van der Waals surface area contributed by atoms with E-state index in [1.807, 2.05) is 30.3 Å². The molecule has 2 N–H and O–H groups in total. The summed E-state index contributed by atoms with van der Waals surface area (Å²) < 4.78 is 39.8. The Kier molecular flexibility index (Phi) is 5.65. The van der Waals surface area contributed by atoms with Crippen LogP contribution in [0.15, 0.2) is 59.5 Å². The second kappa shape index (κ2) is 7.49. The molecule has 2 aromatic rings. The summed E-state index contributed by atoms with van der Waals surface area (Å²) >= 11 is 0. The van der Waals surface area contributed by atoms with Gasteiger partial charge in [-0.1, -0.05) is 36.4 Å². The smallest absolute Gasteiger partial charge is 0.243 e. The predicted octanol–water partition coefficient (Wildman–Crippen LogP) is 2.02. The van der Waals surface area contributed by atoms with Crippen LogP contribution >= 0.6 is 0 Å². The number of rotatable bonds is 7. The molecular weight excluding hydrogens is 303 g/mol. The predicted molar refractivity (Wildman–Crippen MR) is 84.4 cm³/mol. The van der Waals surface area contributed by atoms with Crippen molar-refractivity contribution in [3.05, 3.63) is 66.0 Å². The Bertz CT molecular complexity index is 705. The molecule has 0 heterocycles. The van der Waals surface area contributed by atoms with Crippen molar-refractivity contribution in [1.82, 2.24) is 4.31 Å². The molecule has 0 amide bonds. The molecule has 0 radical (unpaired) electrons. The van der Waals surface area contributed by atoms with Gasteiger partial charge in [0.25, 0.3) is 0 Å². The molecule has 2 aromatic carbocycles. The molecule has 4 nitrogen and oxygen atoms in total. The van der Waals surface area contributed by atoms with Crippen LogP contribution in [-0.4, -0.2) is 32.4 Å². The summed E-state index contributed by atoms with van der Waals surface area (Å²) in [6.45, 7) is 0.717. The summed E-state index contributed by atoms with van der Waals surface area (Å²) in [7, 11) is -3.74. The van der Waals surface area contributed by atoms with Crippen molar-refractivity contribution in [2.24, 2.45) is 5.73 Å². The van der Waals surface area contributed by atoms with E-state index < -0.39 is 15.8 Å². The van der Waals surface area contributed by atoms with Crippen LogP contribution in [0.1, 0.15) is 5.56 Å². The third kappa shape index (κ3) is 4.13. The van der Waals surface area contributed by atoms with E-state index >= 15 is 0 Å². The molecule has 0 saturated carbocycles. The Morgan fingerprint density at radius 2 is 1.73 bits per heavy atom. The average Bonchev–Trinajstić information content (AvgIpc) is 2.52. The van der Waals surface area contributed by atoms with Gasteiger partial charge in [0.05, 0.1) is 4.90 Å². The largest absolute Gasteiger partial charge is 0.329 e. The lowest BCUT2D eigenvalue weighted by molar-refractivity contribution is 0.421. The summed E-state index contributed by atoms with van der Waals surface area (Å²) in [5.74, 6) is -0.572. The maximum Gasteiger partial charge on any atom is 0.243 e. The third-order valence-corrected chi connectivity index (χ3v) is 5.20. The van der Waals surface area contributed by atoms with Crippen LogP contribution < -0.4 is 5.73 Å². The zero-order valence-electron chi connectivity index (χ0n) is 12.2. The molecule has 0 aromatic heterocycles. The van der Waals surface area contributed by atoms with E-state index in [9.17, 15) is 12.8 Å². The number of hydrogen-bond acceptors (Lipinski definition) is 3. The van der Waals surface area contributed by atoms with Crippen molar-refractivity contribution in [2.75, 3.05) is 19.6 Å². The van der Waals surface area contributed by atoms with Crippen LogP contribution in [0.5, 0.6) is 0 Å². The first-order valence-corrected chi connectivity index (χ1v) is 8.48. The molecule has 0 unspecified atom stereocenters. The van der Waals surface area contributed by atoms with Gasteiger partial charge < -0.3 is 5.73 Å². The highest BCUT2D eigenvalue weighted by Crippen LogP contribution is 2.17.